The maximum absolute atomic E-state index is 11.9. The number of hydrogen-bond acceptors (Lipinski definition) is 5. The van der Waals surface area contributed by atoms with Gasteiger partial charge in [-0.1, -0.05) is 11.6 Å². The molecule has 0 saturated heterocycles. The van der Waals surface area contributed by atoms with Crippen LogP contribution in [0.3, 0.4) is 0 Å². The largest absolute Gasteiger partial charge is 0.288 e. The number of halogens is 1. The van der Waals surface area contributed by atoms with Crippen molar-refractivity contribution in [1.29, 1.82) is 0 Å². The van der Waals surface area contributed by atoms with E-state index in [9.17, 15) is 14.9 Å². The molecule has 108 valence electrons. The summed E-state index contributed by atoms with van der Waals surface area (Å²) in [5.41, 5.74) is 3.18. The average molecular weight is 324 g/mol. The maximum Gasteiger partial charge on any atom is 0.288 e. The Labute approximate surface area is 129 Å². The van der Waals surface area contributed by atoms with Crippen LogP contribution in [-0.2, 0) is 0 Å². The molecule has 0 fully saturated rings. The first-order valence-electron chi connectivity index (χ1n) is 5.80. The Bertz CT molecular complexity index is 727. The lowest BCUT2D eigenvalue weighted by molar-refractivity contribution is -0.384. The van der Waals surface area contributed by atoms with Crippen LogP contribution >= 0.6 is 22.9 Å². The average Bonchev–Trinajstić information content (AvgIpc) is 2.84. The monoisotopic (exact) mass is 323 g/mol. The molecule has 1 N–H and O–H groups in total. The van der Waals surface area contributed by atoms with Gasteiger partial charge in [-0.2, -0.15) is 5.10 Å². The molecule has 2 rings (SSSR count). The number of hydrogen-bond donors (Lipinski definition) is 1. The molecule has 21 heavy (non-hydrogen) atoms. The first kappa shape index (κ1) is 15.1. The summed E-state index contributed by atoms with van der Waals surface area (Å²) in [5.74, 6) is -0.541. The predicted octanol–water partition coefficient (Wildman–Crippen LogP) is 3.38. The highest BCUT2D eigenvalue weighted by molar-refractivity contribution is 7.11. The first-order valence-corrected chi connectivity index (χ1v) is 7.06. The molecule has 2 aromatic rings. The van der Waals surface area contributed by atoms with E-state index in [2.05, 4.69) is 10.5 Å². The number of rotatable bonds is 4. The van der Waals surface area contributed by atoms with Gasteiger partial charge in [0.25, 0.3) is 11.6 Å². The Kier molecular flexibility index (Phi) is 4.66. The van der Waals surface area contributed by atoms with E-state index < -0.39 is 10.8 Å². The number of carbonyl (C=O) groups excluding carboxylic acids is 1. The van der Waals surface area contributed by atoms with Crippen molar-refractivity contribution in [2.24, 2.45) is 5.10 Å². The number of thiophene rings is 1. The zero-order valence-electron chi connectivity index (χ0n) is 10.9. The van der Waals surface area contributed by atoms with Crippen LogP contribution in [0.1, 0.15) is 20.8 Å². The standard InChI is InChI=1S/C13H10ClN3O3S/c1-8-4-5-21-12(8)7-15-16-13(18)9-2-3-10(14)11(6-9)17(19)20/h2-7H,1H3,(H,16,18). The number of nitrogens with zero attached hydrogens (tertiary/aromatic N) is 2. The van der Waals surface area contributed by atoms with Gasteiger partial charge in [0.05, 0.1) is 11.1 Å². The summed E-state index contributed by atoms with van der Waals surface area (Å²) in [5, 5.41) is 16.5. The number of amides is 1. The van der Waals surface area contributed by atoms with Gasteiger partial charge in [0, 0.05) is 16.5 Å². The molecular weight excluding hydrogens is 314 g/mol. The molecule has 0 aliphatic heterocycles. The second-order valence-electron chi connectivity index (χ2n) is 4.09. The van der Waals surface area contributed by atoms with Crippen LogP contribution in [0.4, 0.5) is 5.69 Å². The van der Waals surface area contributed by atoms with Crippen LogP contribution in [0, 0.1) is 17.0 Å². The van der Waals surface area contributed by atoms with Crippen LogP contribution in [0.5, 0.6) is 0 Å². The Morgan fingerprint density at radius 3 is 2.86 bits per heavy atom. The number of nitro benzene ring substituents is 1. The zero-order valence-corrected chi connectivity index (χ0v) is 12.4. The van der Waals surface area contributed by atoms with Crippen molar-refractivity contribution in [3.05, 3.63) is 60.8 Å². The highest BCUT2D eigenvalue weighted by atomic mass is 35.5. The summed E-state index contributed by atoms with van der Waals surface area (Å²) in [6.45, 7) is 1.93. The number of nitrogens with one attached hydrogen (secondary N) is 1. The summed E-state index contributed by atoms with van der Waals surface area (Å²) in [4.78, 5) is 22.9. The highest BCUT2D eigenvalue weighted by Gasteiger charge is 2.15. The molecule has 0 saturated carbocycles. The zero-order chi connectivity index (χ0) is 15.4. The van der Waals surface area contributed by atoms with E-state index in [0.29, 0.717) is 0 Å². The molecule has 1 aromatic carbocycles. The topological polar surface area (TPSA) is 84.6 Å². The molecule has 8 heteroatoms. The molecule has 0 aliphatic rings. The molecule has 1 heterocycles. The second kappa shape index (κ2) is 6.47. The van der Waals surface area contributed by atoms with Crippen molar-refractivity contribution >= 4 is 40.7 Å². The van der Waals surface area contributed by atoms with Gasteiger partial charge in [0.1, 0.15) is 5.02 Å². The number of carbonyl (C=O) groups is 1. The van der Waals surface area contributed by atoms with Crippen molar-refractivity contribution in [1.82, 2.24) is 5.43 Å². The van der Waals surface area contributed by atoms with Gasteiger partial charge >= 0.3 is 0 Å². The van der Waals surface area contributed by atoms with Crippen LogP contribution in [0.2, 0.25) is 5.02 Å². The number of benzene rings is 1. The number of nitro groups is 1. The fraction of sp³-hybridized carbons (Fsp3) is 0.0769. The van der Waals surface area contributed by atoms with Crippen molar-refractivity contribution in [2.75, 3.05) is 0 Å². The van der Waals surface area contributed by atoms with Crippen LogP contribution in [0.25, 0.3) is 0 Å². The molecule has 0 atom stereocenters. The third-order valence-electron chi connectivity index (χ3n) is 2.65. The minimum absolute atomic E-state index is 0.0192. The van der Waals surface area contributed by atoms with Gasteiger partial charge < -0.3 is 0 Å². The van der Waals surface area contributed by atoms with Gasteiger partial charge in [0.15, 0.2) is 0 Å². The minimum atomic E-state index is -0.641. The van der Waals surface area contributed by atoms with Gasteiger partial charge in [-0.15, -0.1) is 11.3 Å². The Morgan fingerprint density at radius 1 is 1.48 bits per heavy atom. The van der Waals surface area contributed by atoms with Crippen LogP contribution < -0.4 is 5.43 Å². The predicted molar refractivity (Wildman–Crippen MR) is 82.2 cm³/mol. The van der Waals surface area contributed by atoms with E-state index in [4.69, 9.17) is 11.6 Å². The first-order chi connectivity index (χ1) is 9.99. The van der Waals surface area contributed by atoms with Crippen LogP contribution in [0.15, 0.2) is 34.7 Å². The smallest absolute Gasteiger partial charge is 0.267 e. The molecule has 1 aromatic heterocycles. The minimum Gasteiger partial charge on any atom is -0.267 e. The maximum atomic E-state index is 11.9. The van der Waals surface area contributed by atoms with E-state index in [0.717, 1.165) is 16.5 Å². The van der Waals surface area contributed by atoms with Gasteiger partial charge in [-0.25, -0.2) is 5.43 Å². The van der Waals surface area contributed by atoms with E-state index in [1.165, 1.54) is 29.7 Å². The van der Waals surface area contributed by atoms with E-state index in [1.54, 1.807) is 0 Å². The van der Waals surface area contributed by atoms with Crippen molar-refractivity contribution in [3.63, 3.8) is 0 Å². The summed E-state index contributed by atoms with van der Waals surface area (Å²) >= 11 is 7.18. The molecule has 0 radical (unpaired) electrons. The number of hydrazone groups is 1. The Hall–Kier alpha value is -2.25. The third kappa shape index (κ3) is 3.65. The molecule has 6 nitrogen and oxygen atoms in total. The lowest BCUT2D eigenvalue weighted by Gasteiger charge is -2.01. The summed E-state index contributed by atoms with van der Waals surface area (Å²) in [7, 11) is 0. The molecule has 0 unspecified atom stereocenters. The Morgan fingerprint density at radius 2 is 2.24 bits per heavy atom. The summed E-state index contributed by atoms with van der Waals surface area (Å²) in [6, 6.07) is 5.76. The highest BCUT2D eigenvalue weighted by Crippen LogP contribution is 2.24. The van der Waals surface area contributed by atoms with Crippen molar-refractivity contribution in [2.45, 2.75) is 6.92 Å². The Balaban J connectivity index is 2.10. The van der Waals surface area contributed by atoms with E-state index in [1.807, 2.05) is 18.4 Å². The normalized spacial score (nSPS) is 10.8. The van der Waals surface area contributed by atoms with Gasteiger partial charge in [-0.3, -0.25) is 14.9 Å². The molecule has 0 bridgehead atoms. The fourth-order valence-electron chi connectivity index (χ4n) is 1.52. The number of aryl methyl sites for hydroxylation is 1. The lowest BCUT2D eigenvalue weighted by Crippen LogP contribution is -2.17. The van der Waals surface area contributed by atoms with Crippen molar-refractivity contribution < 1.29 is 9.72 Å². The fourth-order valence-corrected chi connectivity index (χ4v) is 2.50. The molecule has 0 spiro atoms. The van der Waals surface area contributed by atoms with Crippen LogP contribution in [-0.4, -0.2) is 17.0 Å². The summed E-state index contributed by atoms with van der Waals surface area (Å²) < 4.78 is 0. The quantitative estimate of drug-likeness (QED) is 0.531. The van der Waals surface area contributed by atoms with Gasteiger partial charge in [0.2, 0.25) is 0 Å². The molecule has 1 amide bonds. The lowest BCUT2D eigenvalue weighted by atomic mass is 10.2. The van der Waals surface area contributed by atoms with Gasteiger partial charge in [-0.05, 0) is 36.1 Å². The molecular formula is C13H10ClN3O3S. The van der Waals surface area contributed by atoms with Crippen molar-refractivity contribution in [3.8, 4) is 0 Å². The SMILES string of the molecule is Cc1ccsc1C=NNC(=O)c1ccc(Cl)c([N+](=O)[O-])c1. The van der Waals surface area contributed by atoms with E-state index >= 15 is 0 Å². The second-order valence-corrected chi connectivity index (χ2v) is 5.45. The summed E-state index contributed by atoms with van der Waals surface area (Å²) in [6.07, 6.45) is 1.53. The third-order valence-corrected chi connectivity index (χ3v) is 3.93. The molecule has 0 aliphatic carbocycles. The van der Waals surface area contributed by atoms with E-state index in [-0.39, 0.29) is 16.3 Å².